The van der Waals surface area contributed by atoms with Crippen LogP contribution in [0.3, 0.4) is 0 Å². The summed E-state index contributed by atoms with van der Waals surface area (Å²) in [6, 6.07) is 13.4. The first-order valence-electron chi connectivity index (χ1n) is 11.7. The summed E-state index contributed by atoms with van der Waals surface area (Å²) in [6.45, 7) is 10.7. The number of rotatable bonds is 10. The molecule has 0 unspecified atom stereocenters. The fourth-order valence-corrected chi connectivity index (χ4v) is 4.18. The lowest BCUT2D eigenvalue weighted by molar-refractivity contribution is -0.140. The van der Waals surface area contributed by atoms with Crippen molar-refractivity contribution in [1.82, 2.24) is 9.80 Å². The SMILES string of the molecule is CCN(CC)CCN1C(=O)C(=O)/C(=C(/O)c2ccc(OC(C)C)cc2)[C@@H]1c1cccc(OC)c1. The van der Waals surface area contributed by atoms with E-state index in [0.717, 1.165) is 13.1 Å². The summed E-state index contributed by atoms with van der Waals surface area (Å²) in [7, 11) is 1.57. The molecule has 0 spiro atoms. The van der Waals surface area contributed by atoms with Crippen LogP contribution in [-0.2, 0) is 9.59 Å². The Hall–Kier alpha value is -3.32. The lowest BCUT2D eigenvalue weighted by Crippen LogP contribution is -2.38. The minimum absolute atomic E-state index is 0.0173. The van der Waals surface area contributed by atoms with E-state index in [4.69, 9.17) is 9.47 Å². The zero-order valence-electron chi connectivity index (χ0n) is 20.6. The summed E-state index contributed by atoms with van der Waals surface area (Å²) in [4.78, 5) is 30.0. The van der Waals surface area contributed by atoms with E-state index in [1.807, 2.05) is 26.0 Å². The van der Waals surface area contributed by atoms with E-state index in [1.165, 1.54) is 0 Å². The van der Waals surface area contributed by atoms with Crippen LogP contribution in [0.1, 0.15) is 44.9 Å². The number of carbonyl (C=O) groups is 2. The number of amides is 1. The number of carbonyl (C=O) groups excluding carboxylic acids is 2. The number of methoxy groups -OCH3 is 1. The maximum atomic E-state index is 13.2. The number of benzene rings is 2. The molecule has 34 heavy (non-hydrogen) atoms. The summed E-state index contributed by atoms with van der Waals surface area (Å²) < 4.78 is 11.0. The Morgan fingerprint density at radius 1 is 1.06 bits per heavy atom. The van der Waals surface area contributed by atoms with Crippen LogP contribution >= 0.6 is 0 Å². The van der Waals surface area contributed by atoms with Crippen molar-refractivity contribution in [2.45, 2.75) is 39.8 Å². The van der Waals surface area contributed by atoms with Gasteiger partial charge in [-0.3, -0.25) is 9.59 Å². The third-order valence-corrected chi connectivity index (χ3v) is 6.00. The second-order valence-corrected chi connectivity index (χ2v) is 8.49. The van der Waals surface area contributed by atoms with Gasteiger partial charge in [0.05, 0.1) is 24.8 Å². The first kappa shape index (κ1) is 25.3. The monoisotopic (exact) mass is 466 g/mol. The molecule has 7 heteroatoms. The zero-order valence-corrected chi connectivity index (χ0v) is 20.6. The van der Waals surface area contributed by atoms with Crippen molar-refractivity contribution in [3.05, 3.63) is 65.2 Å². The molecule has 0 bridgehead atoms. The van der Waals surface area contributed by atoms with E-state index in [1.54, 1.807) is 48.4 Å². The van der Waals surface area contributed by atoms with E-state index in [-0.39, 0.29) is 17.4 Å². The van der Waals surface area contributed by atoms with Crippen LogP contribution in [0.15, 0.2) is 54.1 Å². The van der Waals surface area contributed by atoms with Gasteiger partial charge in [-0.25, -0.2) is 0 Å². The van der Waals surface area contributed by atoms with Crippen LogP contribution in [0.25, 0.3) is 5.76 Å². The second kappa shape index (κ2) is 11.2. The van der Waals surface area contributed by atoms with E-state index < -0.39 is 17.7 Å². The number of likely N-dealkylation sites (N-methyl/N-ethyl adjacent to an activating group) is 1. The minimum atomic E-state index is -0.711. The summed E-state index contributed by atoms with van der Waals surface area (Å²) in [6.07, 6.45) is 0.0173. The van der Waals surface area contributed by atoms with Gasteiger partial charge in [-0.2, -0.15) is 0 Å². The molecule has 2 aromatic rings. The van der Waals surface area contributed by atoms with Gasteiger partial charge in [0.15, 0.2) is 0 Å². The molecule has 0 aliphatic carbocycles. The van der Waals surface area contributed by atoms with Crippen molar-refractivity contribution in [2.75, 3.05) is 33.3 Å². The Balaban J connectivity index is 2.07. The first-order chi connectivity index (χ1) is 16.3. The molecule has 1 N–H and O–H groups in total. The van der Waals surface area contributed by atoms with Gasteiger partial charge in [0, 0.05) is 18.7 Å². The number of aliphatic hydroxyl groups is 1. The third kappa shape index (κ3) is 5.42. The minimum Gasteiger partial charge on any atom is -0.507 e. The number of aliphatic hydroxyl groups excluding tert-OH is 1. The molecule has 1 heterocycles. The summed E-state index contributed by atoms with van der Waals surface area (Å²) >= 11 is 0. The molecule has 1 aliphatic heterocycles. The smallest absolute Gasteiger partial charge is 0.295 e. The van der Waals surface area contributed by atoms with Crippen LogP contribution in [-0.4, -0.2) is 66.0 Å². The molecule has 0 saturated carbocycles. The summed E-state index contributed by atoms with van der Waals surface area (Å²) in [5, 5.41) is 11.2. The van der Waals surface area contributed by atoms with Crippen LogP contribution < -0.4 is 9.47 Å². The highest BCUT2D eigenvalue weighted by Crippen LogP contribution is 2.40. The molecule has 1 atom stereocenters. The standard InChI is InChI=1S/C27H34N2O5/c1-6-28(7-2)15-16-29-24(20-9-8-10-22(17-20)33-5)23(26(31)27(29)32)25(30)19-11-13-21(14-12-19)34-18(3)4/h8-14,17-18,24,30H,6-7,15-16H2,1-5H3/b25-23+/t24-/m0/s1. The molecule has 0 aromatic heterocycles. The average molecular weight is 467 g/mol. The summed E-state index contributed by atoms with van der Waals surface area (Å²) in [5.41, 5.74) is 1.24. The second-order valence-electron chi connectivity index (χ2n) is 8.49. The van der Waals surface area contributed by atoms with Gasteiger partial charge in [0.2, 0.25) is 0 Å². The predicted molar refractivity (Wildman–Crippen MR) is 132 cm³/mol. The van der Waals surface area contributed by atoms with Crippen LogP contribution in [0, 0.1) is 0 Å². The maximum Gasteiger partial charge on any atom is 0.295 e. The quantitative estimate of drug-likeness (QED) is 0.320. The van der Waals surface area contributed by atoms with Crippen LogP contribution in [0.2, 0.25) is 0 Å². The summed E-state index contributed by atoms with van der Waals surface area (Å²) in [5.74, 6) is -0.223. The van der Waals surface area contributed by atoms with Crippen molar-refractivity contribution < 1.29 is 24.2 Å². The Labute approximate surface area is 201 Å². The van der Waals surface area contributed by atoms with Gasteiger partial charge in [0.1, 0.15) is 17.3 Å². The van der Waals surface area contributed by atoms with Crippen molar-refractivity contribution in [2.24, 2.45) is 0 Å². The van der Waals surface area contributed by atoms with Crippen molar-refractivity contribution in [3.63, 3.8) is 0 Å². The molecular weight excluding hydrogens is 432 g/mol. The van der Waals surface area contributed by atoms with Crippen molar-refractivity contribution >= 4 is 17.4 Å². The van der Waals surface area contributed by atoms with E-state index in [9.17, 15) is 14.7 Å². The number of hydrogen-bond acceptors (Lipinski definition) is 6. The molecule has 1 aliphatic rings. The molecule has 182 valence electrons. The normalized spacial score (nSPS) is 17.6. The van der Waals surface area contributed by atoms with Gasteiger partial charge in [-0.1, -0.05) is 26.0 Å². The molecule has 1 fully saturated rings. The molecule has 0 radical (unpaired) electrons. The fraction of sp³-hybridized carbons (Fsp3) is 0.407. The number of likely N-dealkylation sites (tertiary alicyclic amines) is 1. The van der Waals surface area contributed by atoms with Crippen LogP contribution in [0.5, 0.6) is 11.5 Å². The van der Waals surface area contributed by atoms with Gasteiger partial charge >= 0.3 is 0 Å². The maximum absolute atomic E-state index is 13.2. The Morgan fingerprint density at radius 2 is 1.74 bits per heavy atom. The highest BCUT2D eigenvalue weighted by Gasteiger charge is 2.46. The number of hydrogen-bond donors (Lipinski definition) is 1. The third-order valence-electron chi connectivity index (χ3n) is 6.00. The number of ether oxygens (including phenoxy) is 2. The van der Waals surface area contributed by atoms with E-state index in [2.05, 4.69) is 18.7 Å². The van der Waals surface area contributed by atoms with Crippen molar-refractivity contribution in [1.29, 1.82) is 0 Å². The Kier molecular flexibility index (Phi) is 8.34. The van der Waals surface area contributed by atoms with Gasteiger partial charge < -0.3 is 24.4 Å². The topological polar surface area (TPSA) is 79.3 Å². The Bertz CT molecular complexity index is 1040. The number of Topliss-reactive ketones (excluding diaryl/α,β-unsaturated/α-hetero) is 1. The lowest BCUT2D eigenvalue weighted by Gasteiger charge is -2.28. The zero-order chi connectivity index (χ0) is 24.8. The first-order valence-corrected chi connectivity index (χ1v) is 11.7. The van der Waals surface area contributed by atoms with Crippen molar-refractivity contribution in [3.8, 4) is 11.5 Å². The van der Waals surface area contributed by atoms with Gasteiger partial charge in [0.25, 0.3) is 11.7 Å². The largest absolute Gasteiger partial charge is 0.507 e. The molecule has 1 amide bonds. The van der Waals surface area contributed by atoms with E-state index >= 15 is 0 Å². The number of nitrogens with zero attached hydrogens (tertiary/aromatic N) is 2. The van der Waals surface area contributed by atoms with Gasteiger partial charge in [-0.15, -0.1) is 0 Å². The highest BCUT2D eigenvalue weighted by atomic mass is 16.5. The molecular formula is C27H34N2O5. The van der Waals surface area contributed by atoms with Crippen LogP contribution in [0.4, 0.5) is 0 Å². The molecule has 3 rings (SSSR count). The van der Waals surface area contributed by atoms with Gasteiger partial charge in [-0.05, 0) is 68.9 Å². The highest BCUT2D eigenvalue weighted by molar-refractivity contribution is 6.46. The lowest BCUT2D eigenvalue weighted by atomic mass is 9.95. The Morgan fingerprint density at radius 3 is 2.32 bits per heavy atom. The fourth-order valence-electron chi connectivity index (χ4n) is 4.18. The predicted octanol–water partition coefficient (Wildman–Crippen LogP) is 4.25. The van der Waals surface area contributed by atoms with E-state index in [0.29, 0.717) is 35.7 Å². The number of ketones is 1. The molecule has 7 nitrogen and oxygen atoms in total. The molecule has 2 aromatic carbocycles. The average Bonchev–Trinajstić information content (AvgIpc) is 3.09. The molecule has 1 saturated heterocycles.